The molecule has 0 radical (unpaired) electrons. The minimum absolute atomic E-state index is 0.0288. The van der Waals surface area contributed by atoms with Crippen molar-refractivity contribution in [2.75, 3.05) is 0 Å². The van der Waals surface area contributed by atoms with E-state index in [1.165, 1.54) is 50.1 Å². The fraction of sp³-hybridized carbons (Fsp3) is 0.280. The molecule has 26 heavy (non-hydrogen) atoms. The number of halogens is 1. The van der Waals surface area contributed by atoms with Gasteiger partial charge in [0.1, 0.15) is 0 Å². The molecule has 1 heteroatoms. The molecule has 0 aromatic heterocycles. The van der Waals surface area contributed by atoms with E-state index in [4.69, 9.17) is 0 Å². The van der Waals surface area contributed by atoms with Crippen LogP contribution in [0.4, 0.5) is 0 Å². The van der Waals surface area contributed by atoms with E-state index in [9.17, 15) is 0 Å². The van der Waals surface area contributed by atoms with Crippen molar-refractivity contribution in [2.24, 2.45) is 0 Å². The number of rotatable bonds is 0. The Bertz CT molecular complexity index is 1010. The highest BCUT2D eigenvalue weighted by Gasteiger charge is 2.41. The van der Waals surface area contributed by atoms with E-state index in [2.05, 4.69) is 99.1 Å². The molecule has 0 bridgehead atoms. The van der Waals surface area contributed by atoms with Crippen LogP contribution in [0.15, 0.2) is 53.0 Å². The molecule has 3 aromatic rings. The highest BCUT2D eigenvalue weighted by atomic mass is 79.9. The van der Waals surface area contributed by atoms with Crippen molar-refractivity contribution in [2.45, 2.75) is 45.4 Å². The standard InChI is InChI=1S/C25H23Br/c1-14-6-8-16-18-12-23-19(13-22(18)24(2,3)20(16)10-14)17-9-7-15(26)11-21(17)25(23,4)5/h6-13H,1-5H3. The van der Waals surface area contributed by atoms with Crippen LogP contribution in [0.3, 0.4) is 0 Å². The highest BCUT2D eigenvalue weighted by molar-refractivity contribution is 9.10. The Hall–Kier alpha value is -1.86. The summed E-state index contributed by atoms with van der Waals surface area (Å²) in [5.74, 6) is 0. The van der Waals surface area contributed by atoms with Crippen molar-refractivity contribution in [3.8, 4) is 22.3 Å². The smallest absolute Gasteiger partial charge is 0.0178 e. The van der Waals surface area contributed by atoms with Crippen LogP contribution < -0.4 is 0 Å². The summed E-state index contributed by atoms with van der Waals surface area (Å²) in [5, 5.41) is 0. The summed E-state index contributed by atoms with van der Waals surface area (Å²) in [4.78, 5) is 0. The van der Waals surface area contributed by atoms with Crippen molar-refractivity contribution in [1.29, 1.82) is 0 Å². The van der Waals surface area contributed by atoms with E-state index in [0.717, 1.165) is 4.47 Å². The molecule has 5 rings (SSSR count). The number of aryl methyl sites for hydroxylation is 1. The summed E-state index contributed by atoms with van der Waals surface area (Å²) in [5.41, 5.74) is 12.8. The quantitative estimate of drug-likeness (QED) is 0.368. The molecular weight excluding hydrogens is 380 g/mol. The van der Waals surface area contributed by atoms with E-state index >= 15 is 0 Å². The molecule has 0 unspecified atom stereocenters. The Balaban J connectivity index is 1.84. The molecule has 2 aliphatic carbocycles. The Morgan fingerprint density at radius 1 is 0.577 bits per heavy atom. The molecule has 0 spiro atoms. The summed E-state index contributed by atoms with van der Waals surface area (Å²) in [6.45, 7) is 11.6. The SMILES string of the molecule is Cc1ccc2c(c1)C(C)(C)c1cc3c(cc1-2)C(C)(C)c1cc(Br)ccc1-3. The molecule has 0 saturated heterocycles. The lowest BCUT2D eigenvalue weighted by Crippen LogP contribution is -2.17. The molecule has 3 aromatic carbocycles. The first kappa shape index (κ1) is 16.3. The van der Waals surface area contributed by atoms with Gasteiger partial charge in [0.15, 0.2) is 0 Å². The maximum atomic E-state index is 3.66. The van der Waals surface area contributed by atoms with Crippen LogP contribution in [0.1, 0.15) is 55.5 Å². The predicted molar refractivity (Wildman–Crippen MR) is 114 cm³/mol. The molecule has 2 aliphatic rings. The van der Waals surface area contributed by atoms with Crippen LogP contribution in [0, 0.1) is 6.92 Å². The number of hydrogen-bond donors (Lipinski definition) is 0. The van der Waals surface area contributed by atoms with Gasteiger partial charge in [-0.3, -0.25) is 0 Å². The van der Waals surface area contributed by atoms with E-state index in [1.807, 2.05) is 0 Å². The van der Waals surface area contributed by atoms with Gasteiger partial charge in [-0.15, -0.1) is 0 Å². The molecule has 0 amide bonds. The van der Waals surface area contributed by atoms with Gasteiger partial charge >= 0.3 is 0 Å². The minimum atomic E-state index is 0.0288. The number of fused-ring (bicyclic) bond motifs is 6. The van der Waals surface area contributed by atoms with Crippen LogP contribution >= 0.6 is 15.9 Å². The molecule has 0 saturated carbocycles. The van der Waals surface area contributed by atoms with Gasteiger partial charge in [0.2, 0.25) is 0 Å². The topological polar surface area (TPSA) is 0 Å². The Kier molecular flexibility index (Phi) is 3.07. The fourth-order valence-corrected chi connectivity index (χ4v) is 5.41. The second-order valence-electron chi connectivity index (χ2n) is 8.93. The van der Waals surface area contributed by atoms with Crippen LogP contribution in [-0.4, -0.2) is 0 Å². The van der Waals surface area contributed by atoms with Gasteiger partial charge in [-0.25, -0.2) is 0 Å². The lowest BCUT2D eigenvalue weighted by Gasteiger charge is -2.24. The third-order valence-corrected chi connectivity index (χ3v) is 7.08. The third-order valence-electron chi connectivity index (χ3n) is 6.59. The third kappa shape index (κ3) is 1.90. The van der Waals surface area contributed by atoms with Crippen molar-refractivity contribution >= 4 is 15.9 Å². The molecular formula is C25H23Br. The lowest BCUT2D eigenvalue weighted by atomic mass is 9.79. The minimum Gasteiger partial charge on any atom is -0.0587 e. The van der Waals surface area contributed by atoms with Gasteiger partial charge in [0.05, 0.1) is 0 Å². The largest absolute Gasteiger partial charge is 0.0587 e. The molecule has 130 valence electrons. The van der Waals surface area contributed by atoms with Gasteiger partial charge < -0.3 is 0 Å². The van der Waals surface area contributed by atoms with Crippen molar-refractivity contribution in [1.82, 2.24) is 0 Å². The molecule has 0 aliphatic heterocycles. The number of benzene rings is 3. The van der Waals surface area contributed by atoms with Gasteiger partial charge in [0, 0.05) is 15.3 Å². The first-order chi connectivity index (χ1) is 12.2. The van der Waals surface area contributed by atoms with E-state index in [0.29, 0.717) is 0 Å². The molecule has 0 fully saturated rings. The Labute approximate surface area is 164 Å². The van der Waals surface area contributed by atoms with Crippen molar-refractivity contribution in [3.63, 3.8) is 0 Å². The zero-order chi connectivity index (χ0) is 18.4. The Morgan fingerprint density at radius 2 is 1.04 bits per heavy atom. The monoisotopic (exact) mass is 402 g/mol. The second kappa shape index (κ2) is 4.89. The highest BCUT2D eigenvalue weighted by Crippen LogP contribution is 2.56. The van der Waals surface area contributed by atoms with Gasteiger partial charge in [0.25, 0.3) is 0 Å². The first-order valence-electron chi connectivity index (χ1n) is 9.32. The fourth-order valence-electron chi connectivity index (χ4n) is 5.05. The van der Waals surface area contributed by atoms with Gasteiger partial charge in [-0.1, -0.05) is 73.5 Å². The average Bonchev–Trinajstić information content (AvgIpc) is 2.93. The van der Waals surface area contributed by atoms with Crippen LogP contribution in [-0.2, 0) is 10.8 Å². The van der Waals surface area contributed by atoms with Gasteiger partial charge in [-0.05, 0) is 75.7 Å². The van der Waals surface area contributed by atoms with Crippen LogP contribution in [0.2, 0.25) is 0 Å². The maximum absolute atomic E-state index is 3.66. The van der Waals surface area contributed by atoms with E-state index < -0.39 is 0 Å². The molecule has 0 atom stereocenters. The first-order valence-corrected chi connectivity index (χ1v) is 10.1. The summed E-state index contributed by atoms with van der Waals surface area (Å²) < 4.78 is 1.16. The summed E-state index contributed by atoms with van der Waals surface area (Å²) in [7, 11) is 0. The number of hydrogen-bond acceptors (Lipinski definition) is 0. The van der Waals surface area contributed by atoms with Crippen LogP contribution in [0.25, 0.3) is 22.3 Å². The van der Waals surface area contributed by atoms with Crippen LogP contribution in [0.5, 0.6) is 0 Å². The van der Waals surface area contributed by atoms with Crippen molar-refractivity contribution in [3.05, 3.63) is 80.8 Å². The van der Waals surface area contributed by atoms with E-state index in [1.54, 1.807) is 0 Å². The zero-order valence-electron chi connectivity index (χ0n) is 16.0. The lowest BCUT2D eigenvalue weighted by molar-refractivity contribution is 0.651. The summed E-state index contributed by atoms with van der Waals surface area (Å²) >= 11 is 3.66. The summed E-state index contributed by atoms with van der Waals surface area (Å²) in [6.07, 6.45) is 0. The normalized spacial score (nSPS) is 17.5. The molecule has 0 N–H and O–H groups in total. The summed E-state index contributed by atoms with van der Waals surface area (Å²) in [6, 6.07) is 18.6. The van der Waals surface area contributed by atoms with E-state index in [-0.39, 0.29) is 10.8 Å². The average molecular weight is 403 g/mol. The van der Waals surface area contributed by atoms with Gasteiger partial charge in [-0.2, -0.15) is 0 Å². The zero-order valence-corrected chi connectivity index (χ0v) is 17.6. The Morgan fingerprint density at radius 3 is 1.62 bits per heavy atom. The molecule has 0 heterocycles. The van der Waals surface area contributed by atoms with Crippen molar-refractivity contribution < 1.29 is 0 Å². The molecule has 0 nitrogen and oxygen atoms in total. The predicted octanol–water partition coefficient (Wildman–Crippen LogP) is 7.37. The second-order valence-corrected chi connectivity index (χ2v) is 9.85. The maximum Gasteiger partial charge on any atom is 0.0178 e.